The minimum Gasteiger partial charge on any atom is -0.478 e. The lowest BCUT2D eigenvalue weighted by Crippen LogP contribution is -2.04. The Kier molecular flexibility index (Phi) is 3.25. The van der Waals surface area contributed by atoms with Crippen LogP contribution in [0.15, 0.2) is 60.8 Å². The highest BCUT2D eigenvalue weighted by Gasteiger charge is 2.11. The third kappa shape index (κ3) is 2.30. The number of carboxylic acids is 1. The van der Waals surface area contributed by atoms with E-state index in [2.05, 4.69) is 12.1 Å². The van der Waals surface area contributed by atoms with Crippen molar-refractivity contribution in [2.45, 2.75) is 13.0 Å². The Bertz CT molecular complexity index is 744. The maximum Gasteiger partial charge on any atom is 0.337 e. The Balaban J connectivity index is 1.94. The molecular weight excluding hydrogens is 250 g/mol. The third-order valence-corrected chi connectivity index (χ3v) is 3.50. The maximum atomic E-state index is 11.3. The molecule has 0 radical (unpaired) electrons. The van der Waals surface area contributed by atoms with Crippen LogP contribution >= 0.6 is 0 Å². The van der Waals surface area contributed by atoms with Gasteiger partial charge in [-0.25, -0.2) is 4.79 Å². The number of carboxylic acid groups (broad SMARTS) is 1. The van der Waals surface area contributed by atoms with E-state index in [0.717, 1.165) is 23.9 Å². The van der Waals surface area contributed by atoms with Gasteiger partial charge in [-0.1, -0.05) is 42.5 Å². The predicted octanol–water partition coefficient (Wildman–Crippen LogP) is 3.58. The second-order valence-electron chi connectivity index (χ2n) is 4.79. The van der Waals surface area contributed by atoms with E-state index in [1.165, 1.54) is 5.56 Å². The SMILES string of the molecule is O=C(O)c1cccc2ccn(CCc3ccccc3)c12. The molecule has 2 aromatic carbocycles. The van der Waals surface area contributed by atoms with Gasteiger partial charge in [0, 0.05) is 18.1 Å². The number of hydrogen-bond acceptors (Lipinski definition) is 1. The molecule has 0 saturated heterocycles. The summed E-state index contributed by atoms with van der Waals surface area (Å²) in [7, 11) is 0. The largest absolute Gasteiger partial charge is 0.478 e. The molecule has 1 heterocycles. The van der Waals surface area contributed by atoms with Gasteiger partial charge in [0.25, 0.3) is 0 Å². The highest BCUT2D eigenvalue weighted by Crippen LogP contribution is 2.21. The minimum atomic E-state index is -0.879. The molecule has 0 aliphatic rings. The number of para-hydroxylation sites is 1. The second-order valence-corrected chi connectivity index (χ2v) is 4.79. The first-order valence-electron chi connectivity index (χ1n) is 6.61. The molecule has 0 aliphatic heterocycles. The molecule has 3 rings (SSSR count). The number of nitrogens with zero attached hydrogens (tertiary/aromatic N) is 1. The summed E-state index contributed by atoms with van der Waals surface area (Å²) in [5.74, 6) is -0.879. The molecule has 3 nitrogen and oxygen atoms in total. The fourth-order valence-corrected chi connectivity index (χ4v) is 2.51. The summed E-state index contributed by atoms with van der Waals surface area (Å²) in [4.78, 5) is 11.3. The van der Waals surface area contributed by atoms with Crippen molar-refractivity contribution in [2.75, 3.05) is 0 Å². The summed E-state index contributed by atoms with van der Waals surface area (Å²) in [5.41, 5.74) is 2.42. The smallest absolute Gasteiger partial charge is 0.337 e. The number of rotatable bonds is 4. The first-order chi connectivity index (χ1) is 9.75. The van der Waals surface area contributed by atoms with Crippen LogP contribution in [0.5, 0.6) is 0 Å². The van der Waals surface area contributed by atoms with E-state index in [9.17, 15) is 9.90 Å². The average molecular weight is 265 g/mol. The summed E-state index contributed by atoms with van der Waals surface area (Å²) in [6, 6.07) is 17.6. The number of fused-ring (bicyclic) bond motifs is 1. The van der Waals surface area contributed by atoms with Gasteiger partial charge in [0.05, 0.1) is 11.1 Å². The molecule has 0 aliphatic carbocycles. The molecule has 100 valence electrons. The van der Waals surface area contributed by atoms with E-state index in [1.807, 2.05) is 41.1 Å². The van der Waals surface area contributed by atoms with Gasteiger partial charge in [-0.05, 0) is 24.1 Å². The predicted molar refractivity (Wildman–Crippen MR) is 79.0 cm³/mol. The molecule has 0 saturated carbocycles. The monoisotopic (exact) mass is 265 g/mol. The molecule has 0 unspecified atom stereocenters. The van der Waals surface area contributed by atoms with Crippen molar-refractivity contribution in [2.24, 2.45) is 0 Å². The fraction of sp³-hybridized carbons (Fsp3) is 0.118. The molecule has 0 spiro atoms. The Morgan fingerprint density at radius 1 is 1.00 bits per heavy atom. The quantitative estimate of drug-likeness (QED) is 0.783. The number of hydrogen-bond donors (Lipinski definition) is 1. The van der Waals surface area contributed by atoms with Gasteiger partial charge in [-0.15, -0.1) is 0 Å². The zero-order valence-corrected chi connectivity index (χ0v) is 11.0. The summed E-state index contributed by atoms with van der Waals surface area (Å²) in [6.07, 6.45) is 2.85. The van der Waals surface area contributed by atoms with Crippen molar-refractivity contribution in [1.82, 2.24) is 4.57 Å². The van der Waals surface area contributed by atoms with Crippen LogP contribution in [0, 0.1) is 0 Å². The van der Waals surface area contributed by atoms with Gasteiger partial charge in [0.15, 0.2) is 0 Å². The van der Waals surface area contributed by atoms with Gasteiger partial charge in [0.1, 0.15) is 0 Å². The third-order valence-electron chi connectivity index (χ3n) is 3.50. The van der Waals surface area contributed by atoms with Gasteiger partial charge < -0.3 is 9.67 Å². The van der Waals surface area contributed by atoms with E-state index < -0.39 is 5.97 Å². The number of aromatic nitrogens is 1. The summed E-state index contributed by atoms with van der Waals surface area (Å²) >= 11 is 0. The normalized spacial score (nSPS) is 10.8. The molecule has 20 heavy (non-hydrogen) atoms. The molecule has 3 aromatic rings. The topological polar surface area (TPSA) is 42.2 Å². The molecule has 3 heteroatoms. The first-order valence-corrected chi connectivity index (χ1v) is 6.61. The van der Waals surface area contributed by atoms with E-state index in [4.69, 9.17) is 0 Å². The standard InChI is InChI=1S/C17H15NO2/c19-17(20)15-8-4-7-14-10-12-18(16(14)15)11-9-13-5-2-1-3-6-13/h1-8,10,12H,9,11H2,(H,19,20). The minimum absolute atomic E-state index is 0.362. The lowest BCUT2D eigenvalue weighted by Gasteiger charge is -2.08. The van der Waals surface area contributed by atoms with Crippen molar-refractivity contribution in [3.8, 4) is 0 Å². The van der Waals surface area contributed by atoms with Crippen molar-refractivity contribution in [3.05, 3.63) is 71.9 Å². The zero-order valence-electron chi connectivity index (χ0n) is 11.0. The molecule has 0 fully saturated rings. The van der Waals surface area contributed by atoms with E-state index in [1.54, 1.807) is 12.1 Å². The van der Waals surface area contributed by atoms with Crippen molar-refractivity contribution >= 4 is 16.9 Å². The highest BCUT2D eigenvalue weighted by molar-refractivity contribution is 6.02. The first kappa shape index (κ1) is 12.5. The van der Waals surface area contributed by atoms with E-state index in [-0.39, 0.29) is 0 Å². The van der Waals surface area contributed by atoms with Gasteiger partial charge in [-0.2, -0.15) is 0 Å². The molecule has 0 bridgehead atoms. The van der Waals surface area contributed by atoms with Crippen molar-refractivity contribution in [1.29, 1.82) is 0 Å². The van der Waals surface area contributed by atoms with E-state index in [0.29, 0.717) is 5.56 Å². The average Bonchev–Trinajstić information content (AvgIpc) is 2.89. The van der Waals surface area contributed by atoms with Crippen molar-refractivity contribution < 1.29 is 9.90 Å². The van der Waals surface area contributed by atoms with Crippen molar-refractivity contribution in [3.63, 3.8) is 0 Å². The van der Waals surface area contributed by atoms with Gasteiger partial charge in [-0.3, -0.25) is 0 Å². The summed E-state index contributed by atoms with van der Waals surface area (Å²) in [5, 5.41) is 10.3. The fourth-order valence-electron chi connectivity index (χ4n) is 2.51. The Morgan fingerprint density at radius 2 is 1.80 bits per heavy atom. The summed E-state index contributed by atoms with van der Waals surface area (Å²) in [6.45, 7) is 0.776. The lowest BCUT2D eigenvalue weighted by molar-refractivity contribution is 0.0698. The highest BCUT2D eigenvalue weighted by atomic mass is 16.4. The molecule has 0 atom stereocenters. The molecule has 1 N–H and O–H groups in total. The van der Waals surface area contributed by atoms with E-state index >= 15 is 0 Å². The number of carbonyl (C=O) groups is 1. The van der Waals surface area contributed by atoms with Crippen LogP contribution in [-0.2, 0) is 13.0 Å². The van der Waals surface area contributed by atoms with Crippen LogP contribution in [0.1, 0.15) is 15.9 Å². The lowest BCUT2D eigenvalue weighted by atomic mass is 10.1. The Hall–Kier alpha value is -2.55. The molecular formula is C17H15NO2. The van der Waals surface area contributed by atoms with Crippen LogP contribution in [0.2, 0.25) is 0 Å². The van der Waals surface area contributed by atoms with Crippen LogP contribution in [-0.4, -0.2) is 15.6 Å². The Labute approximate surface area is 117 Å². The maximum absolute atomic E-state index is 11.3. The number of aromatic carboxylic acids is 1. The number of aryl methyl sites for hydroxylation is 2. The molecule has 1 aromatic heterocycles. The molecule has 0 amide bonds. The van der Waals surface area contributed by atoms with Crippen LogP contribution < -0.4 is 0 Å². The van der Waals surface area contributed by atoms with Crippen LogP contribution in [0.3, 0.4) is 0 Å². The Morgan fingerprint density at radius 3 is 2.55 bits per heavy atom. The zero-order chi connectivity index (χ0) is 13.9. The van der Waals surface area contributed by atoms with Crippen LogP contribution in [0.4, 0.5) is 0 Å². The van der Waals surface area contributed by atoms with Crippen LogP contribution in [0.25, 0.3) is 10.9 Å². The second kappa shape index (κ2) is 5.21. The number of benzene rings is 2. The van der Waals surface area contributed by atoms with Gasteiger partial charge in [0.2, 0.25) is 0 Å². The summed E-state index contributed by atoms with van der Waals surface area (Å²) < 4.78 is 2.02. The van der Waals surface area contributed by atoms with Gasteiger partial charge >= 0.3 is 5.97 Å².